The highest BCUT2D eigenvalue weighted by molar-refractivity contribution is 5.85. The minimum atomic E-state index is -0.598. The van der Waals surface area contributed by atoms with Crippen molar-refractivity contribution in [2.45, 2.75) is 44.3 Å². The van der Waals surface area contributed by atoms with Gasteiger partial charge in [0.2, 0.25) is 0 Å². The smallest absolute Gasteiger partial charge is 0.254 e. The van der Waals surface area contributed by atoms with E-state index >= 15 is 0 Å². The number of aliphatic hydroxyl groups is 1. The Bertz CT molecular complexity index is 281. The van der Waals surface area contributed by atoms with Crippen LogP contribution in [0.25, 0.3) is 0 Å². The van der Waals surface area contributed by atoms with E-state index in [0.717, 1.165) is 38.8 Å². The minimum absolute atomic E-state index is 0.0606. The number of hydrogen-bond acceptors (Lipinski definition) is 4. The summed E-state index contributed by atoms with van der Waals surface area (Å²) >= 11 is 0. The molecule has 1 N–H and O–H groups in total. The second kappa shape index (κ2) is 5.99. The molecule has 5 nitrogen and oxygen atoms in total. The average Bonchev–Trinajstić information content (AvgIpc) is 2.84. The Balaban J connectivity index is 1.80. The van der Waals surface area contributed by atoms with Crippen LogP contribution in [0, 0.1) is 0 Å². The first-order valence-electron chi connectivity index (χ1n) is 6.81. The topological polar surface area (TPSA) is 59.0 Å². The van der Waals surface area contributed by atoms with Crippen LogP contribution in [0.4, 0.5) is 0 Å². The number of aliphatic hydroxyl groups excluding tert-OH is 1. The number of amides is 1. The molecule has 0 radical (unpaired) electrons. The number of ether oxygens (including phenoxy) is 2. The molecule has 0 bridgehead atoms. The van der Waals surface area contributed by atoms with Gasteiger partial charge in [0.25, 0.3) is 5.91 Å². The predicted molar refractivity (Wildman–Crippen MR) is 66.2 cm³/mol. The van der Waals surface area contributed by atoms with Crippen molar-refractivity contribution in [1.29, 1.82) is 0 Å². The maximum Gasteiger partial charge on any atom is 0.254 e. The highest BCUT2D eigenvalue weighted by Crippen LogP contribution is 2.28. The quantitative estimate of drug-likeness (QED) is 0.799. The summed E-state index contributed by atoms with van der Waals surface area (Å²) in [4.78, 5) is 14.3. The van der Waals surface area contributed by atoms with E-state index in [1.54, 1.807) is 0 Å². The van der Waals surface area contributed by atoms with Gasteiger partial charge in [-0.1, -0.05) is 0 Å². The molecule has 2 heterocycles. The number of carbonyl (C=O) groups is 1. The van der Waals surface area contributed by atoms with Crippen LogP contribution in [0.5, 0.6) is 0 Å². The van der Waals surface area contributed by atoms with Gasteiger partial charge in [0.1, 0.15) is 5.60 Å². The fourth-order valence-corrected chi connectivity index (χ4v) is 2.73. The number of carbonyl (C=O) groups excluding carboxylic acids is 1. The maximum absolute atomic E-state index is 12.4. The molecule has 0 aromatic rings. The van der Waals surface area contributed by atoms with Crippen molar-refractivity contribution in [3.63, 3.8) is 0 Å². The molecule has 18 heavy (non-hydrogen) atoms. The lowest BCUT2D eigenvalue weighted by molar-refractivity contribution is -0.153. The van der Waals surface area contributed by atoms with Gasteiger partial charge in [-0.05, 0) is 32.6 Å². The summed E-state index contributed by atoms with van der Waals surface area (Å²) in [5.41, 5.74) is -0.598. The first kappa shape index (κ1) is 13.8. The molecule has 1 atom stereocenters. The summed E-state index contributed by atoms with van der Waals surface area (Å²) in [6.45, 7) is 4.50. The van der Waals surface area contributed by atoms with Gasteiger partial charge in [-0.3, -0.25) is 4.79 Å². The van der Waals surface area contributed by atoms with Crippen LogP contribution < -0.4 is 0 Å². The molecule has 0 aromatic heterocycles. The van der Waals surface area contributed by atoms with Gasteiger partial charge in [-0.25, -0.2) is 0 Å². The summed E-state index contributed by atoms with van der Waals surface area (Å²) in [6, 6.07) is 0. The zero-order valence-corrected chi connectivity index (χ0v) is 11.1. The van der Waals surface area contributed by atoms with Gasteiger partial charge >= 0.3 is 0 Å². The van der Waals surface area contributed by atoms with E-state index < -0.39 is 5.60 Å². The molecule has 2 aliphatic rings. The molecule has 0 spiro atoms. The number of hydrogen-bond donors (Lipinski definition) is 1. The number of nitrogens with zero attached hydrogens (tertiary/aromatic N) is 1. The van der Waals surface area contributed by atoms with Crippen LogP contribution in [-0.2, 0) is 14.3 Å². The normalized spacial score (nSPS) is 29.8. The molecule has 2 fully saturated rings. The highest BCUT2D eigenvalue weighted by Gasteiger charge is 2.41. The Morgan fingerprint density at radius 3 is 2.78 bits per heavy atom. The molecule has 2 saturated heterocycles. The average molecular weight is 257 g/mol. The van der Waals surface area contributed by atoms with Crippen LogP contribution in [0.15, 0.2) is 0 Å². The summed E-state index contributed by atoms with van der Waals surface area (Å²) in [5.74, 6) is 0.126. The van der Waals surface area contributed by atoms with Gasteiger partial charge in [-0.2, -0.15) is 0 Å². The van der Waals surface area contributed by atoms with Crippen LogP contribution >= 0.6 is 0 Å². The molecular formula is C13H23NO4. The Morgan fingerprint density at radius 2 is 2.22 bits per heavy atom. The van der Waals surface area contributed by atoms with E-state index in [-0.39, 0.29) is 18.6 Å². The zero-order chi connectivity index (χ0) is 13.0. The first-order chi connectivity index (χ1) is 8.65. The Labute approximate surface area is 108 Å². The van der Waals surface area contributed by atoms with E-state index in [4.69, 9.17) is 14.6 Å². The second-order valence-corrected chi connectivity index (χ2v) is 5.27. The van der Waals surface area contributed by atoms with Crippen LogP contribution in [0.1, 0.15) is 32.6 Å². The molecule has 2 rings (SSSR count). The van der Waals surface area contributed by atoms with Gasteiger partial charge < -0.3 is 19.5 Å². The van der Waals surface area contributed by atoms with Crippen molar-refractivity contribution < 1.29 is 19.4 Å². The maximum atomic E-state index is 12.4. The van der Waals surface area contributed by atoms with Gasteiger partial charge in [-0.15, -0.1) is 0 Å². The molecule has 0 saturated carbocycles. The Kier molecular flexibility index (Phi) is 4.59. The number of likely N-dealkylation sites (tertiary alicyclic amines) is 1. The molecule has 0 aromatic carbocycles. The second-order valence-electron chi connectivity index (χ2n) is 5.27. The third-order valence-electron chi connectivity index (χ3n) is 3.85. The van der Waals surface area contributed by atoms with Crippen LogP contribution in [-0.4, -0.2) is 60.5 Å². The standard InChI is InChI=1S/C13H23NO4/c1-13(5-2-9-18-13)12(16)14-6-3-11(4-7-14)17-10-8-15/h11,15H,2-10H2,1H3. The predicted octanol–water partition coefficient (Wildman–Crippen LogP) is 0.555. The third kappa shape index (κ3) is 3.02. The molecule has 104 valence electrons. The summed E-state index contributed by atoms with van der Waals surface area (Å²) < 4.78 is 11.1. The van der Waals surface area contributed by atoms with E-state index in [2.05, 4.69) is 0 Å². The lowest BCUT2D eigenvalue weighted by atomic mass is 9.98. The van der Waals surface area contributed by atoms with Gasteiger partial charge in [0, 0.05) is 19.7 Å². The summed E-state index contributed by atoms with van der Waals surface area (Å²) in [6.07, 6.45) is 3.67. The lowest BCUT2D eigenvalue weighted by Crippen LogP contribution is -2.50. The number of piperidine rings is 1. The van der Waals surface area contributed by atoms with E-state index in [1.807, 2.05) is 11.8 Å². The fourth-order valence-electron chi connectivity index (χ4n) is 2.73. The van der Waals surface area contributed by atoms with Crippen molar-refractivity contribution in [3.05, 3.63) is 0 Å². The first-order valence-corrected chi connectivity index (χ1v) is 6.81. The SMILES string of the molecule is CC1(C(=O)N2CCC(OCCO)CC2)CCCO1. The molecular weight excluding hydrogens is 234 g/mol. The van der Waals surface area contributed by atoms with Crippen LogP contribution in [0.2, 0.25) is 0 Å². The highest BCUT2D eigenvalue weighted by atomic mass is 16.5. The van der Waals surface area contributed by atoms with Crippen molar-refractivity contribution in [2.75, 3.05) is 32.9 Å². The molecule has 5 heteroatoms. The van der Waals surface area contributed by atoms with E-state index in [1.165, 1.54) is 0 Å². The monoisotopic (exact) mass is 257 g/mol. The van der Waals surface area contributed by atoms with Crippen molar-refractivity contribution in [3.8, 4) is 0 Å². The molecule has 1 unspecified atom stereocenters. The molecule has 2 aliphatic heterocycles. The van der Waals surface area contributed by atoms with E-state index in [9.17, 15) is 4.79 Å². The largest absolute Gasteiger partial charge is 0.394 e. The van der Waals surface area contributed by atoms with Gasteiger partial charge in [0.15, 0.2) is 0 Å². The van der Waals surface area contributed by atoms with Crippen molar-refractivity contribution in [1.82, 2.24) is 4.90 Å². The van der Waals surface area contributed by atoms with E-state index in [0.29, 0.717) is 13.2 Å². The Hall–Kier alpha value is -0.650. The summed E-state index contributed by atoms with van der Waals surface area (Å²) in [5, 5.41) is 8.71. The van der Waals surface area contributed by atoms with Crippen molar-refractivity contribution >= 4 is 5.91 Å². The minimum Gasteiger partial charge on any atom is -0.394 e. The fraction of sp³-hybridized carbons (Fsp3) is 0.923. The third-order valence-corrected chi connectivity index (χ3v) is 3.85. The number of rotatable bonds is 4. The zero-order valence-electron chi connectivity index (χ0n) is 11.1. The molecule has 0 aliphatic carbocycles. The Morgan fingerprint density at radius 1 is 1.50 bits per heavy atom. The van der Waals surface area contributed by atoms with Crippen LogP contribution in [0.3, 0.4) is 0 Å². The van der Waals surface area contributed by atoms with Gasteiger partial charge in [0.05, 0.1) is 19.3 Å². The molecule has 1 amide bonds. The lowest BCUT2D eigenvalue weighted by Gasteiger charge is -2.36. The van der Waals surface area contributed by atoms with Crippen molar-refractivity contribution in [2.24, 2.45) is 0 Å². The summed E-state index contributed by atoms with van der Waals surface area (Å²) in [7, 11) is 0.